The summed E-state index contributed by atoms with van der Waals surface area (Å²) in [7, 11) is 0. The fourth-order valence-corrected chi connectivity index (χ4v) is 1.67. The van der Waals surface area contributed by atoms with Crippen LogP contribution in [0.4, 0.5) is 11.4 Å². The predicted octanol–water partition coefficient (Wildman–Crippen LogP) is 2.10. The Hall–Kier alpha value is -2.49. The van der Waals surface area contributed by atoms with Crippen LogP contribution in [0.3, 0.4) is 0 Å². The molecule has 0 saturated carbocycles. The van der Waals surface area contributed by atoms with Gasteiger partial charge in [0.15, 0.2) is 0 Å². The molecule has 0 fully saturated rings. The molecule has 4 N–H and O–H groups in total. The first-order chi connectivity index (χ1) is 8.11. The smallest absolute Gasteiger partial charge is 0.335 e. The highest BCUT2D eigenvalue weighted by Crippen LogP contribution is 2.33. The highest BCUT2D eigenvalue weighted by atomic mass is 16.5. The summed E-state index contributed by atoms with van der Waals surface area (Å²) in [5.74, 6) is -0.192. The molecular weight excluding hydrogens is 216 g/mol. The summed E-state index contributed by atoms with van der Waals surface area (Å²) in [5.41, 5.74) is 12.6. The standard InChI is InChI=1S/C13H12N2O2/c1-2-12(16)17-11-7-9(14)6-8-4-3-5-10(15)13(8)11/h2-7H,1,14-15H2. The molecule has 2 aromatic carbocycles. The van der Waals surface area contributed by atoms with Gasteiger partial charge in [-0.15, -0.1) is 0 Å². The quantitative estimate of drug-likeness (QED) is 0.357. The van der Waals surface area contributed by atoms with Crippen molar-refractivity contribution in [2.45, 2.75) is 0 Å². The van der Waals surface area contributed by atoms with E-state index < -0.39 is 5.97 Å². The minimum Gasteiger partial charge on any atom is -0.423 e. The first kappa shape index (κ1) is 11.0. The number of rotatable bonds is 2. The van der Waals surface area contributed by atoms with E-state index in [0.717, 1.165) is 11.5 Å². The number of ether oxygens (including phenoxy) is 1. The Labute approximate surface area is 98.5 Å². The van der Waals surface area contributed by atoms with Crippen LogP contribution in [0.1, 0.15) is 0 Å². The fraction of sp³-hybridized carbons (Fsp3) is 0. The summed E-state index contributed by atoms with van der Waals surface area (Å²) in [4.78, 5) is 11.2. The molecule has 0 aliphatic carbocycles. The van der Waals surface area contributed by atoms with Crippen molar-refractivity contribution in [2.24, 2.45) is 0 Å². The molecule has 0 aliphatic rings. The number of nitrogens with two attached hydrogens (primary N) is 2. The highest BCUT2D eigenvalue weighted by Gasteiger charge is 2.09. The number of fused-ring (bicyclic) bond motifs is 1. The van der Waals surface area contributed by atoms with Crippen molar-refractivity contribution in [1.82, 2.24) is 0 Å². The molecule has 0 heterocycles. The Kier molecular flexibility index (Phi) is 2.70. The molecule has 0 amide bonds. The third kappa shape index (κ3) is 2.06. The van der Waals surface area contributed by atoms with Gasteiger partial charge in [-0.3, -0.25) is 0 Å². The SMILES string of the molecule is C=CC(=O)Oc1cc(N)cc2cccc(N)c12. The predicted molar refractivity (Wildman–Crippen MR) is 68.6 cm³/mol. The van der Waals surface area contributed by atoms with Gasteiger partial charge in [0, 0.05) is 28.9 Å². The number of nitrogen functional groups attached to an aromatic ring is 2. The van der Waals surface area contributed by atoms with E-state index >= 15 is 0 Å². The molecule has 0 bridgehead atoms. The summed E-state index contributed by atoms with van der Waals surface area (Å²) in [6.07, 6.45) is 1.09. The van der Waals surface area contributed by atoms with Gasteiger partial charge in [-0.2, -0.15) is 0 Å². The first-order valence-corrected chi connectivity index (χ1v) is 5.04. The lowest BCUT2D eigenvalue weighted by molar-refractivity contribution is -0.128. The van der Waals surface area contributed by atoms with Crippen LogP contribution >= 0.6 is 0 Å². The summed E-state index contributed by atoms with van der Waals surface area (Å²) in [6.45, 7) is 3.34. The second-order valence-electron chi connectivity index (χ2n) is 3.59. The first-order valence-electron chi connectivity index (χ1n) is 5.04. The molecule has 4 heteroatoms. The van der Waals surface area contributed by atoms with Gasteiger partial charge in [0.1, 0.15) is 5.75 Å². The maximum absolute atomic E-state index is 11.2. The molecule has 17 heavy (non-hydrogen) atoms. The Morgan fingerprint density at radius 1 is 1.29 bits per heavy atom. The van der Waals surface area contributed by atoms with Gasteiger partial charge < -0.3 is 16.2 Å². The molecule has 0 spiro atoms. The lowest BCUT2D eigenvalue weighted by Gasteiger charge is -2.09. The number of carbonyl (C=O) groups excluding carboxylic acids is 1. The van der Waals surface area contributed by atoms with E-state index in [9.17, 15) is 4.79 Å². The lowest BCUT2D eigenvalue weighted by Crippen LogP contribution is -2.04. The molecule has 0 aliphatic heterocycles. The van der Waals surface area contributed by atoms with Crippen LogP contribution in [-0.4, -0.2) is 5.97 Å². The second kappa shape index (κ2) is 4.17. The van der Waals surface area contributed by atoms with Crippen molar-refractivity contribution in [1.29, 1.82) is 0 Å². The third-order valence-electron chi connectivity index (χ3n) is 2.37. The van der Waals surface area contributed by atoms with E-state index in [1.807, 2.05) is 12.1 Å². The van der Waals surface area contributed by atoms with Crippen LogP contribution in [0.2, 0.25) is 0 Å². The van der Waals surface area contributed by atoms with Gasteiger partial charge in [-0.1, -0.05) is 18.7 Å². The minimum atomic E-state index is -0.542. The van der Waals surface area contributed by atoms with Gasteiger partial charge in [0.2, 0.25) is 0 Å². The van der Waals surface area contributed by atoms with E-state index in [1.165, 1.54) is 0 Å². The number of esters is 1. The maximum Gasteiger partial charge on any atom is 0.335 e. The number of benzene rings is 2. The number of hydrogen-bond acceptors (Lipinski definition) is 4. The van der Waals surface area contributed by atoms with Gasteiger partial charge in [0.05, 0.1) is 0 Å². The van der Waals surface area contributed by atoms with E-state index in [1.54, 1.807) is 18.2 Å². The monoisotopic (exact) mass is 228 g/mol. The van der Waals surface area contributed by atoms with E-state index in [2.05, 4.69) is 6.58 Å². The van der Waals surface area contributed by atoms with Crippen LogP contribution in [0.25, 0.3) is 10.8 Å². The molecule has 2 rings (SSSR count). The highest BCUT2D eigenvalue weighted by molar-refractivity contribution is 6.01. The molecular formula is C13H12N2O2. The summed E-state index contributed by atoms with van der Waals surface area (Å²) < 4.78 is 5.12. The molecule has 0 aromatic heterocycles. The van der Waals surface area contributed by atoms with Crippen molar-refractivity contribution in [3.63, 3.8) is 0 Å². The average Bonchev–Trinajstić information content (AvgIpc) is 2.28. The van der Waals surface area contributed by atoms with Crippen molar-refractivity contribution in [2.75, 3.05) is 11.5 Å². The van der Waals surface area contributed by atoms with Crippen LogP contribution in [0.15, 0.2) is 43.0 Å². The molecule has 0 radical (unpaired) electrons. The topological polar surface area (TPSA) is 78.3 Å². The molecule has 4 nitrogen and oxygen atoms in total. The third-order valence-corrected chi connectivity index (χ3v) is 2.37. The van der Waals surface area contributed by atoms with E-state index in [0.29, 0.717) is 22.5 Å². The van der Waals surface area contributed by atoms with E-state index in [4.69, 9.17) is 16.2 Å². The summed E-state index contributed by atoms with van der Waals surface area (Å²) in [6, 6.07) is 8.75. The zero-order valence-electron chi connectivity index (χ0n) is 9.14. The van der Waals surface area contributed by atoms with Crippen LogP contribution in [-0.2, 0) is 4.79 Å². The number of anilines is 2. The van der Waals surface area contributed by atoms with Gasteiger partial charge in [-0.05, 0) is 17.5 Å². The minimum absolute atomic E-state index is 0.350. The Balaban J connectivity index is 2.67. The maximum atomic E-state index is 11.2. The molecule has 2 aromatic rings. The normalized spacial score (nSPS) is 10.1. The Morgan fingerprint density at radius 2 is 2.06 bits per heavy atom. The van der Waals surface area contributed by atoms with Crippen molar-refractivity contribution in [3.8, 4) is 5.75 Å². The molecule has 0 unspecified atom stereocenters. The lowest BCUT2D eigenvalue weighted by atomic mass is 10.1. The summed E-state index contributed by atoms with van der Waals surface area (Å²) >= 11 is 0. The fourth-order valence-electron chi connectivity index (χ4n) is 1.67. The number of hydrogen-bond donors (Lipinski definition) is 2. The molecule has 0 saturated heterocycles. The van der Waals surface area contributed by atoms with Gasteiger partial charge >= 0.3 is 5.97 Å². The van der Waals surface area contributed by atoms with E-state index in [-0.39, 0.29) is 0 Å². The van der Waals surface area contributed by atoms with Crippen molar-refractivity contribution >= 4 is 28.1 Å². The van der Waals surface area contributed by atoms with Gasteiger partial charge in [0.25, 0.3) is 0 Å². The molecule has 0 atom stereocenters. The Bertz CT molecular complexity index is 606. The average molecular weight is 228 g/mol. The summed E-state index contributed by atoms with van der Waals surface area (Å²) in [5, 5.41) is 1.51. The van der Waals surface area contributed by atoms with Crippen LogP contribution in [0, 0.1) is 0 Å². The van der Waals surface area contributed by atoms with Crippen molar-refractivity contribution < 1.29 is 9.53 Å². The zero-order chi connectivity index (χ0) is 12.4. The van der Waals surface area contributed by atoms with Gasteiger partial charge in [-0.25, -0.2) is 4.79 Å². The van der Waals surface area contributed by atoms with Crippen LogP contribution < -0.4 is 16.2 Å². The second-order valence-corrected chi connectivity index (χ2v) is 3.59. The largest absolute Gasteiger partial charge is 0.423 e. The molecule has 86 valence electrons. The van der Waals surface area contributed by atoms with Crippen molar-refractivity contribution in [3.05, 3.63) is 43.0 Å². The Morgan fingerprint density at radius 3 is 2.76 bits per heavy atom. The van der Waals surface area contributed by atoms with Crippen LogP contribution in [0.5, 0.6) is 5.75 Å². The number of carbonyl (C=O) groups is 1. The zero-order valence-corrected chi connectivity index (χ0v) is 9.14.